The Balaban J connectivity index is 1.78. The maximum Gasteiger partial charge on any atom is 0.266 e. The number of nitrogens with zero attached hydrogens (tertiary/aromatic N) is 1. The summed E-state index contributed by atoms with van der Waals surface area (Å²) in [6, 6.07) is 7.51. The second kappa shape index (κ2) is 5.43. The largest absolute Gasteiger partial charge is 0.306 e. The van der Waals surface area contributed by atoms with Crippen LogP contribution in [-0.4, -0.2) is 10.9 Å². The van der Waals surface area contributed by atoms with E-state index in [4.69, 9.17) is 0 Å². The van der Waals surface area contributed by atoms with Gasteiger partial charge >= 0.3 is 0 Å². The third-order valence-corrected chi connectivity index (χ3v) is 4.85. The minimum absolute atomic E-state index is 0.0648. The maximum atomic E-state index is 12.2. The molecule has 0 spiro atoms. The number of aromatic nitrogens is 1. The molecule has 2 heterocycles. The van der Waals surface area contributed by atoms with Crippen molar-refractivity contribution in [3.05, 3.63) is 44.2 Å². The van der Waals surface area contributed by atoms with E-state index in [1.807, 2.05) is 18.2 Å². The molecule has 0 bridgehead atoms. The van der Waals surface area contributed by atoms with Crippen LogP contribution in [0.15, 0.2) is 28.9 Å². The molecule has 0 atom stereocenters. The number of rotatable bonds is 2. The van der Waals surface area contributed by atoms with Crippen LogP contribution in [0.1, 0.15) is 33.0 Å². The summed E-state index contributed by atoms with van der Waals surface area (Å²) in [5, 5.41) is 2.84. The van der Waals surface area contributed by atoms with Gasteiger partial charge in [0.05, 0.1) is 4.88 Å². The quantitative estimate of drug-likeness (QED) is 0.841. The van der Waals surface area contributed by atoms with Crippen LogP contribution in [0.25, 0.3) is 0 Å². The molecule has 1 aliphatic carbocycles. The SMILES string of the molecule is O=C(Nc1cccc(Br)n1)c1cc2c(s1)CCCC2. The minimum atomic E-state index is -0.0648. The van der Waals surface area contributed by atoms with Gasteiger partial charge in [-0.25, -0.2) is 4.98 Å². The van der Waals surface area contributed by atoms with Gasteiger partial charge in [0.2, 0.25) is 0 Å². The number of aryl methyl sites for hydroxylation is 2. The van der Waals surface area contributed by atoms with Crippen molar-refractivity contribution in [1.29, 1.82) is 0 Å². The van der Waals surface area contributed by atoms with Crippen molar-refractivity contribution in [3.63, 3.8) is 0 Å². The van der Waals surface area contributed by atoms with Crippen LogP contribution in [-0.2, 0) is 12.8 Å². The van der Waals surface area contributed by atoms with Gasteiger partial charge in [-0.15, -0.1) is 11.3 Å². The van der Waals surface area contributed by atoms with E-state index in [2.05, 4.69) is 26.2 Å². The van der Waals surface area contributed by atoms with E-state index in [1.54, 1.807) is 17.4 Å². The Labute approximate surface area is 124 Å². The Morgan fingerprint density at radius 3 is 2.95 bits per heavy atom. The second-order valence-electron chi connectivity index (χ2n) is 4.57. The van der Waals surface area contributed by atoms with Gasteiger partial charge in [-0.2, -0.15) is 0 Å². The number of fused-ring (bicyclic) bond motifs is 1. The Morgan fingerprint density at radius 1 is 1.32 bits per heavy atom. The monoisotopic (exact) mass is 336 g/mol. The fourth-order valence-corrected chi connectivity index (χ4v) is 3.75. The zero-order valence-corrected chi connectivity index (χ0v) is 12.7. The van der Waals surface area contributed by atoms with Crippen molar-refractivity contribution in [2.45, 2.75) is 25.7 Å². The molecule has 3 nitrogen and oxygen atoms in total. The number of thiophene rings is 1. The molecule has 0 fully saturated rings. The summed E-state index contributed by atoms with van der Waals surface area (Å²) >= 11 is 4.91. The first kappa shape index (κ1) is 12.8. The van der Waals surface area contributed by atoms with Crippen LogP contribution in [0, 0.1) is 0 Å². The van der Waals surface area contributed by atoms with E-state index >= 15 is 0 Å². The minimum Gasteiger partial charge on any atom is -0.306 e. The standard InChI is InChI=1S/C14H13BrN2OS/c15-12-6-3-7-13(16-12)17-14(18)11-8-9-4-1-2-5-10(9)19-11/h3,6-8H,1-2,4-5H2,(H,16,17,18). The highest BCUT2D eigenvalue weighted by Crippen LogP contribution is 2.30. The van der Waals surface area contributed by atoms with E-state index in [-0.39, 0.29) is 5.91 Å². The van der Waals surface area contributed by atoms with Gasteiger partial charge in [-0.05, 0) is 65.4 Å². The van der Waals surface area contributed by atoms with Gasteiger partial charge in [0.25, 0.3) is 5.91 Å². The summed E-state index contributed by atoms with van der Waals surface area (Å²) in [6.07, 6.45) is 4.69. The fraction of sp³-hybridized carbons (Fsp3) is 0.286. The predicted octanol–water partition coefficient (Wildman–Crippen LogP) is 4.04. The first-order valence-corrected chi connectivity index (χ1v) is 7.89. The molecule has 2 aromatic rings. The predicted molar refractivity (Wildman–Crippen MR) is 80.9 cm³/mol. The van der Waals surface area contributed by atoms with Crippen LogP contribution in [0.4, 0.5) is 5.82 Å². The average Bonchev–Trinajstić information content (AvgIpc) is 2.82. The van der Waals surface area contributed by atoms with E-state index in [0.717, 1.165) is 22.3 Å². The Kier molecular flexibility index (Phi) is 3.66. The molecule has 2 aromatic heterocycles. The molecule has 3 rings (SSSR count). The molecule has 0 aliphatic heterocycles. The molecule has 0 unspecified atom stereocenters. The fourth-order valence-electron chi connectivity index (χ4n) is 2.26. The molecule has 0 saturated carbocycles. The molecule has 98 valence electrons. The summed E-state index contributed by atoms with van der Waals surface area (Å²) < 4.78 is 0.718. The number of amides is 1. The molecule has 0 radical (unpaired) electrons. The van der Waals surface area contributed by atoms with Crippen molar-refractivity contribution in [3.8, 4) is 0 Å². The van der Waals surface area contributed by atoms with Crippen molar-refractivity contribution >= 4 is 39.0 Å². The topological polar surface area (TPSA) is 42.0 Å². The van der Waals surface area contributed by atoms with E-state index in [9.17, 15) is 4.79 Å². The highest BCUT2D eigenvalue weighted by molar-refractivity contribution is 9.10. The molecule has 0 aromatic carbocycles. The van der Waals surface area contributed by atoms with Crippen LogP contribution >= 0.6 is 27.3 Å². The van der Waals surface area contributed by atoms with Gasteiger partial charge in [0, 0.05) is 4.88 Å². The van der Waals surface area contributed by atoms with Gasteiger partial charge in [-0.3, -0.25) is 4.79 Å². The van der Waals surface area contributed by atoms with Gasteiger partial charge in [0.1, 0.15) is 10.4 Å². The highest BCUT2D eigenvalue weighted by Gasteiger charge is 2.17. The number of halogens is 1. The summed E-state index contributed by atoms with van der Waals surface area (Å²) in [6.45, 7) is 0. The number of hydrogen-bond donors (Lipinski definition) is 1. The second-order valence-corrected chi connectivity index (χ2v) is 6.52. The van der Waals surface area contributed by atoms with Crippen molar-refractivity contribution < 1.29 is 4.79 Å². The van der Waals surface area contributed by atoms with Crippen LogP contribution < -0.4 is 5.32 Å². The van der Waals surface area contributed by atoms with Crippen LogP contribution in [0.5, 0.6) is 0 Å². The van der Waals surface area contributed by atoms with E-state index in [1.165, 1.54) is 23.3 Å². The lowest BCUT2D eigenvalue weighted by Crippen LogP contribution is -2.11. The van der Waals surface area contributed by atoms with Gasteiger partial charge in [0.15, 0.2) is 0 Å². The highest BCUT2D eigenvalue weighted by atomic mass is 79.9. The summed E-state index contributed by atoms with van der Waals surface area (Å²) in [4.78, 5) is 18.6. The zero-order chi connectivity index (χ0) is 13.2. The lowest BCUT2D eigenvalue weighted by atomic mass is 9.99. The van der Waals surface area contributed by atoms with E-state index < -0.39 is 0 Å². The first-order chi connectivity index (χ1) is 9.22. The third-order valence-electron chi connectivity index (χ3n) is 3.18. The number of carbonyl (C=O) groups excluding carboxylic acids is 1. The Bertz CT molecular complexity index is 600. The molecular weight excluding hydrogens is 324 g/mol. The molecular formula is C14H13BrN2OS. The van der Waals surface area contributed by atoms with Crippen LogP contribution in [0.3, 0.4) is 0 Å². The normalized spacial score (nSPS) is 13.9. The van der Waals surface area contributed by atoms with Crippen molar-refractivity contribution in [2.24, 2.45) is 0 Å². The van der Waals surface area contributed by atoms with Crippen molar-refractivity contribution in [2.75, 3.05) is 5.32 Å². The lowest BCUT2D eigenvalue weighted by Gasteiger charge is -2.08. The molecule has 1 N–H and O–H groups in total. The lowest BCUT2D eigenvalue weighted by molar-refractivity contribution is 0.103. The van der Waals surface area contributed by atoms with Gasteiger partial charge < -0.3 is 5.32 Å². The number of nitrogens with one attached hydrogen (secondary N) is 1. The number of hydrogen-bond acceptors (Lipinski definition) is 3. The number of pyridine rings is 1. The van der Waals surface area contributed by atoms with Crippen molar-refractivity contribution in [1.82, 2.24) is 4.98 Å². The molecule has 1 amide bonds. The third kappa shape index (κ3) is 2.87. The molecule has 19 heavy (non-hydrogen) atoms. The summed E-state index contributed by atoms with van der Waals surface area (Å²) in [7, 11) is 0. The van der Waals surface area contributed by atoms with Crippen LogP contribution in [0.2, 0.25) is 0 Å². The first-order valence-electron chi connectivity index (χ1n) is 6.28. The Hall–Kier alpha value is -1.20. The van der Waals surface area contributed by atoms with E-state index in [0.29, 0.717) is 5.82 Å². The maximum absolute atomic E-state index is 12.2. The molecule has 1 aliphatic rings. The average molecular weight is 337 g/mol. The molecule has 5 heteroatoms. The Morgan fingerprint density at radius 2 is 2.16 bits per heavy atom. The number of carbonyl (C=O) groups is 1. The zero-order valence-electron chi connectivity index (χ0n) is 10.3. The number of anilines is 1. The molecule has 0 saturated heterocycles. The smallest absolute Gasteiger partial charge is 0.266 e. The summed E-state index contributed by atoms with van der Waals surface area (Å²) in [5.41, 5.74) is 1.35. The van der Waals surface area contributed by atoms with Gasteiger partial charge in [-0.1, -0.05) is 6.07 Å². The summed E-state index contributed by atoms with van der Waals surface area (Å²) in [5.74, 6) is 0.510.